The number of carbonyl (C=O) groups is 1. The summed E-state index contributed by atoms with van der Waals surface area (Å²) in [5, 5.41) is 0. The smallest absolute Gasteiger partial charge is 0.225 e. The number of rotatable bonds is 3. The van der Waals surface area contributed by atoms with E-state index in [1.54, 1.807) is 0 Å². The molecule has 3 atom stereocenters. The zero-order valence-corrected chi connectivity index (χ0v) is 12.3. The fraction of sp³-hybridized carbons (Fsp3) is 0.933. The molecule has 2 N–H and O–H groups in total. The second-order valence-corrected chi connectivity index (χ2v) is 6.14. The molecule has 1 saturated heterocycles. The van der Waals surface area contributed by atoms with Crippen LogP contribution in [0.5, 0.6) is 0 Å². The summed E-state index contributed by atoms with van der Waals surface area (Å²) in [6.45, 7) is 6.70. The molecular weight excluding hydrogens is 240 g/mol. The highest BCUT2D eigenvalue weighted by Crippen LogP contribution is 2.31. The summed E-state index contributed by atoms with van der Waals surface area (Å²) in [7, 11) is 0. The summed E-state index contributed by atoms with van der Waals surface area (Å²) in [6.07, 6.45) is 5.28. The van der Waals surface area contributed by atoms with Gasteiger partial charge < -0.3 is 15.4 Å². The molecule has 2 fully saturated rings. The number of ether oxygens (including phenoxy) is 1. The van der Waals surface area contributed by atoms with Crippen molar-refractivity contribution in [2.75, 3.05) is 19.7 Å². The summed E-state index contributed by atoms with van der Waals surface area (Å²) < 4.78 is 5.64. The molecule has 1 amide bonds. The largest absolute Gasteiger partial charge is 0.378 e. The molecule has 2 rings (SSSR count). The van der Waals surface area contributed by atoms with Crippen molar-refractivity contribution < 1.29 is 9.53 Å². The van der Waals surface area contributed by atoms with Gasteiger partial charge in [0, 0.05) is 31.7 Å². The van der Waals surface area contributed by atoms with Crippen LogP contribution in [0.3, 0.4) is 0 Å². The highest BCUT2D eigenvalue weighted by molar-refractivity contribution is 5.79. The molecular formula is C15H28N2O2. The number of amides is 1. The molecule has 0 radical (unpaired) electrons. The Labute approximate surface area is 116 Å². The molecule has 0 aromatic rings. The lowest BCUT2D eigenvalue weighted by molar-refractivity contribution is -0.141. The molecule has 2 aliphatic rings. The summed E-state index contributed by atoms with van der Waals surface area (Å²) in [6, 6.07) is 0.294. The maximum absolute atomic E-state index is 12.6. The average molecular weight is 268 g/mol. The van der Waals surface area contributed by atoms with Gasteiger partial charge in [-0.1, -0.05) is 6.92 Å². The minimum atomic E-state index is 0.198. The van der Waals surface area contributed by atoms with Gasteiger partial charge in [0.05, 0.1) is 6.10 Å². The molecule has 0 spiro atoms. The third kappa shape index (κ3) is 3.69. The molecule has 1 heterocycles. The van der Waals surface area contributed by atoms with Crippen molar-refractivity contribution >= 4 is 5.91 Å². The maximum atomic E-state index is 12.6. The van der Waals surface area contributed by atoms with E-state index >= 15 is 0 Å². The van der Waals surface area contributed by atoms with Crippen LogP contribution >= 0.6 is 0 Å². The van der Waals surface area contributed by atoms with Crippen molar-refractivity contribution in [1.82, 2.24) is 4.90 Å². The van der Waals surface area contributed by atoms with Crippen molar-refractivity contribution in [1.29, 1.82) is 0 Å². The molecule has 4 heteroatoms. The Morgan fingerprint density at radius 1 is 1.26 bits per heavy atom. The van der Waals surface area contributed by atoms with Crippen LogP contribution in [0, 0.1) is 11.8 Å². The summed E-state index contributed by atoms with van der Waals surface area (Å²) in [4.78, 5) is 14.6. The molecule has 0 aromatic heterocycles. The first kappa shape index (κ1) is 14.8. The van der Waals surface area contributed by atoms with Crippen molar-refractivity contribution in [3.63, 3.8) is 0 Å². The fourth-order valence-electron chi connectivity index (χ4n) is 3.52. The van der Waals surface area contributed by atoms with Crippen LogP contribution in [-0.2, 0) is 9.53 Å². The van der Waals surface area contributed by atoms with Crippen LogP contribution in [0.2, 0.25) is 0 Å². The van der Waals surface area contributed by atoms with Gasteiger partial charge >= 0.3 is 0 Å². The van der Waals surface area contributed by atoms with E-state index in [0.29, 0.717) is 24.0 Å². The van der Waals surface area contributed by atoms with Gasteiger partial charge in [-0.2, -0.15) is 0 Å². The second kappa shape index (κ2) is 6.71. The Bertz CT molecular complexity index is 301. The predicted molar refractivity (Wildman–Crippen MR) is 75.7 cm³/mol. The number of nitrogens with two attached hydrogens (primary N) is 1. The van der Waals surface area contributed by atoms with Gasteiger partial charge in [-0.25, -0.2) is 0 Å². The van der Waals surface area contributed by atoms with Crippen molar-refractivity contribution in [2.45, 2.75) is 58.1 Å². The highest BCUT2D eigenvalue weighted by Gasteiger charge is 2.34. The number of hydrogen-bond acceptors (Lipinski definition) is 3. The minimum absolute atomic E-state index is 0.198. The van der Waals surface area contributed by atoms with Gasteiger partial charge in [-0.3, -0.25) is 4.79 Å². The first-order chi connectivity index (χ1) is 9.11. The van der Waals surface area contributed by atoms with E-state index < -0.39 is 0 Å². The van der Waals surface area contributed by atoms with Crippen molar-refractivity contribution in [2.24, 2.45) is 17.6 Å². The zero-order chi connectivity index (χ0) is 13.8. The standard InChI is InChI=1S/C15H28N2O2/c1-3-19-13-6-8-17(9-7-13)15(18)14-5-4-12(16)10-11(14)2/h11-14H,3-10,16H2,1-2H3. The number of hydrogen-bond donors (Lipinski definition) is 1. The van der Waals surface area contributed by atoms with E-state index in [4.69, 9.17) is 10.5 Å². The number of likely N-dealkylation sites (tertiary alicyclic amines) is 1. The first-order valence-corrected chi connectivity index (χ1v) is 7.77. The predicted octanol–water partition coefficient (Wildman–Crippen LogP) is 1.78. The van der Waals surface area contributed by atoms with Gasteiger partial charge in [0.25, 0.3) is 0 Å². The Kier molecular flexibility index (Phi) is 5.22. The molecule has 1 aliphatic carbocycles. The minimum Gasteiger partial charge on any atom is -0.378 e. The topological polar surface area (TPSA) is 55.6 Å². The van der Waals surface area contributed by atoms with Crippen LogP contribution in [0.4, 0.5) is 0 Å². The number of nitrogens with zero attached hydrogens (tertiary/aromatic N) is 1. The lowest BCUT2D eigenvalue weighted by Crippen LogP contribution is -2.47. The monoisotopic (exact) mass is 268 g/mol. The second-order valence-electron chi connectivity index (χ2n) is 6.14. The Morgan fingerprint density at radius 2 is 1.95 bits per heavy atom. The highest BCUT2D eigenvalue weighted by atomic mass is 16.5. The third-order valence-corrected chi connectivity index (χ3v) is 4.68. The molecule has 1 saturated carbocycles. The van der Waals surface area contributed by atoms with Crippen molar-refractivity contribution in [3.05, 3.63) is 0 Å². The molecule has 0 aromatic carbocycles. The normalized spacial score (nSPS) is 33.4. The average Bonchev–Trinajstić information content (AvgIpc) is 2.39. The molecule has 3 unspecified atom stereocenters. The van der Waals surface area contributed by atoms with Gasteiger partial charge in [0.2, 0.25) is 5.91 Å². The lowest BCUT2D eigenvalue weighted by atomic mass is 9.77. The molecule has 0 bridgehead atoms. The third-order valence-electron chi connectivity index (χ3n) is 4.68. The van der Waals surface area contributed by atoms with Gasteiger partial charge in [0.15, 0.2) is 0 Å². The van der Waals surface area contributed by atoms with E-state index in [9.17, 15) is 4.79 Å². The van der Waals surface area contributed by atoms with Gasteiger partial charge in [-0.05, 0) is 44.9 Å². The summed E-state index contributed by atoms with van der Waals surface area (Å²) >= 11 is 0. The van der Waals surface area contributed by atoms with Crippen molar-refractivity contribution in [3.8, 4) is 0 Å². The molecule has 1 aliphatic heterocycles. The van der Waals surface area contributed by atoms with Crippen LogP contribution in [0.1, 0.15) is 46.0 Å². The molecule has 19 heavy (non-hydrogen) atoms. The van der Waals surface area contributed by atoms with E-state index in [-0.39, 0.29) is 5.92 Å². The first-order valence-electron chi connectivity index (χ1n) is 7.77. The van der Waals surface area contributed by atoms with E-state index in [1.165, 1.54) is 0 Å². The maximum Gasteiger partial charge on any atom is 0.225 e. The Morgan fingerprint density at radius 3 is 2.53 bits per heavy atom. The van der Waals surface area contributed by atoms with Crippen LogP contribution < -0.4 is 5.73 Å². The Hall–Kier alpha value is -0.610. The fourth-order valence-corrected chi connectivity index (χ4v) is 3.52. The zero-order valence-electron chi connectivity index (χ0n) is 12.3. The van der Waals surface area contributed by atoms with Crippen LogP contribution in [-0.4, -0.2) is 42.6 Å². The Balaban J connectivity index is 1.84. The SMILES string of the molecule is CCOC1CCN(C(=O)C2CCC(N)CC2C)CC1. The van der Waals surface area contributed by atoms with E-state index in [0.717, 1.165) is 51.8 Å². The van der Waals surface area contributed by atoms with Crippen LogP contribution in [0.15, 0.2) is 0 Å². The number of piperidine rings is 1. The van der Waals surface area contributed by atoms with Gasteiger partial charge in [-0.15, -0.1) is 0 Å². The summed E-state index contributed by atoms with van der Waals surface area (Å²) in [5.74, 6) is 0.985. The van der Waals surface area contributed by atoms with E-state index in [2.05, 4.69) is 6.92 Å². The number of carbonyl (C=O) groups excluding carboxylic acids is 1. The lowest BCUT2D eigenvalue weighted by Gasteiger charge is -2.38. The van der Waals surface area contributed by atoms with E-state index in [1.807, 2.05) is 11.8 Å². The quantitative estimate of drug-likeness (QED) is 0.849. The molecule has 110 valence electrons. The van der Waals surface area contributed by atoms with Gasteiger partial charge in [0.1, 0.15) is 0 Å². The van der Waals surface area contributed by atoms with Crippen LogP contribution in [0.25, 0.3) is 0 Å². The molecule has 4 nitrogen and oxygen atoms in total. The summed E-state index contributed by atoms with van der Waals surface area (Å²) in [5.41, 5.74) is 5.98.